The van der Waals surface area contributed by atoms with E-state index in [1.165, 1.54) is 24.3 Å². The number of rotatable bonds is 8. The molecular formula is C27H24FN3O3. The molecule has 1 N–H and O–H groups in total. The van der Waals surface area contributed by atoms with Crippen molar-refractivity contribution in [2.24, 2.45) is 0 Å². The molecule has 2 heterocycles. The van der Waals surface area contributed by atoms with Crippen molar-refractivity contribution in [2.45, 2.75) is 0 Å². The summed E-state index contributed by atoms with van der Waals surface area (Å²) >= 11 is 0. The molecule has 2 aromatic heterocycles. The fraction of sp³-hybridized carbons (Fsp3) is 0.148. The maximum atomic E-state index is 14.1. The number of aromatic nitrogens is 2. The van der Waals surface area contributed by atoms with E-state index in [-0.39, 0.29) is 5.56 Å². The van der Waals surface area contributed by atoms with Gasteiger partial charge in [0.2, 0.25) is 5.88 Å². The molecule has 6 nitrogen and oxygen atoms in total. The monoisotopic (exact) mass is 457 g/mol. The van der Waals surface area contributed by atoms with Crippen LogP contribution in [0.15, 0.2) is 77.7 Å². The van der Waals surface area contributed by atoms with Gasteiger partial charge in [0.05, 0.1) is 5.56 Å². The van der Waals surface area contributed by atoms with Crippen LogP contribution < -0.4 is 10.3 Å². The van der Waals surface area contributed by atoms with Crippen LogP contribution in [-0.2, 0) is 0 Å². The van der Waals surface area contributed by atoms with Gasteiger partial charge in [-0.2, -0.15) is 0 Å². The molecule has 0 amide bonds. The van der Waals surface area contributed by atoms with Crippen LogP contribution in [0, 0.1) is 5.82 Å². The second-order valence-corrected chi connectivity index (χ2v) is 8.04. The highest BCUT2D eigenvalue weighted by molar-refractivity contribution is 6.15. The van der Waals surface area contributed by atoms with Crippen molar-refractivity contribution in [3.05, 3.63) is 100 Å². The third-order valence-electron chi connectivity index (χ3n) is 5.26. The highest BCUT2D eigenvalue weighted by Crippen LogP contribution is 2.30. The number of ketones is 1. The Kier molecular flexibility index (Phi) is 6.94. The molecule has 0 radical (unpaired) electrons. The number of H-pyrrole nitrogens is 1. The number of hydrogen-bond donors (Lipinski definition) is 1. The van der Waals surface area contributed by atoms with Crippen molar-refractivity contribution >= 4 is 22.8 Å². The summed E-state index contributed by atoms with van der Waals surface area (Å²) in [7, 11) is 3.92. The summed E-state index contributed by atoms with van der Waals surface area (Å²) in [5, 5.41) is 0.462. The number of allylic oxidation sites excluding steroid dienone is 1. The first-order chi connectivity index (χ1) is 16.4. The average Bonchev–Trinajstić information content (AvgIpc) is 2.83. The van der Waals surface area contributed by atoms with Crippen molar-refractivity contribution in [2.75, 3.05) is 27.2 Å². The predicted molar refractivity (Wildman–Crippen MR) is 132 cm³/mol. The second-order valence-electron chi connectivity index (χ2n) is 8.04. The largest absolute Gasteiger partial charge is 0.476 e. The van der Waals surface area contributed by atoms with Gasteiger partial charge in [-0.3, -0.25) is 9.59 Å². The van der Waals surface area contributed by atoms with Gasteiger partial charge < -0.3 is 14.6 Å². The maximum Gasteiger partial charge on any atom is 0.260 e. The molecule has 7 heteroatoms. The van der Waals surface area contributed by atoms with E-state index in [0.717, 1.165) is 6.54 Å². The molecule has 0 aliphatic rings. The molecule has 4 aromatic rings. The number of aromatic amines is 1. The third kappa shape index (κ3) is 5.27. The molecule has 34 heavy (non-hydrogen) atoms. The van der Waals surface area contributed by atoms with E-state index < -0.39 is 17.2 Å². The van der Waals surface area contributed by atoms with E-state index in [4.69, 9.17) is 4.74 Å². The van der Waals surface area contributed by atoms with Crippen molar-refractivity contribution in [1.29, 1.82) is 0 Å². The van der Waals surface area contributed by atoms with E-state index >= 15 is 0 Å². The number of halogens is 1. The number of nitrogens with one attached hydrogen (secondary N) is 1. The first-order valence-corrected chi connectivity index (χ1v) is 10.8. The van der Waals surface area contributed by atoms with Crippen molar-refractivity contribution in [3.63, 3.8) is 0 Å². The van der Waals surface area contributed by atoms with Crippen molar-refractivity contribution < 1.29 is 13.9 Å². The molecule has 0 unspecified atom stereocenters. The van der Waals surface area contributed by atoms with Gasteiger partial charge in [0, 0.05) is 35.3 Å². The zero-order valence-corrected chi connectivity index (χ0v) is 18.9. The Morgan fingerprint density at radius 1 is 1.12 bits per heavy atom. The summed E-state index contributed by atoms with van der Waals surface area (Å²) in [6, 6.07) is 16.6. The number of pyridine rings is 2. The highest BCUT2D eigenvalue weighted by Gasteiger charge is 2.19. The highest BCUT2D eigenvalue weighted by atomic mass is 19.1. The summed E-state index contributed by atoms with van der Waals surface area (Å²) in [5.74, 6) is -0.452. The molecular weight excluding hydrogens is 433 g/mol. The second kappa shape index (κ2) is 10.2. The molecule has 0 spiro atoms. The Hall–Kier alpha value is -4.10. The number of nitrogens with zero attached hydrogens (tertiary/aromatic N) is 2. The summed E-state index contributed by atoms with van der Waals surface area (Å²) in [4.78, 5) is 35.1. The van der Waals surface area contributed by atoms with E-state index in [2.05, 4.69) is 9.97 Å². The zero-order chi connectivity index (χ0) is 24.1. The molecule has 0 bridgehead atoms. The Balaban J connectivity index is 1.67. The quantitative estimate of drug-likeness (QED) is 0.310. The van der Waals surface area contributed by atoms with Crippen molar-refractivity contribution in [1.82, 2.24) is 14.9 Å². The molecule has 172 valence electrons. The lowest BCUT2D eigenvalue weighted by molar-refractivity contribution is 0.104. The Morgan fingerprint density at radius 2 is 1.91 bits per heavy atom. The number of carbonyl (C=O) groups excluding carboxylic acids is 1. The lowest BCUT2D eigenvalue weighted by Crippen LogP contribution is -2.19. The van der Waals surface area contributed by atoms with Gasteiger partial charge in [-0.05, 0) is 61.6 Å². The first-order valence-electron chi connectivity index (χ1n) is 10.8. The SMILES string of the molecule is CN(C)CCOc1ccc(/C=C/C(=O)c2c(-c3ccccc3)c3cc(F)ccc3[nH]c2=O)cn1. The minimum absolute atomic E-state index is 0.0443. The van der Waals surface area contributed by atoms with Crippen LogP contribution >= 0.6 is 0 Å². The molecule has 2 aromatic carbocycles. The normalized spacial score (nSPS) is 11.4. The molecule has 0 saturated heterocycles. The van der Waals surface area contributed by atoms with Gasteiger partial charge in [-0.1, -0.05) is 30.3 Å². The lowest BCUT2D eigenvalue weighted by Gasteiger charge is -2.11. The smallest absolute Gasteiger partial charge is 0.260 e. The Bertz CT molecular complexity index is 1390. The standard InChI is InChI=1S/C27H24FN3O3/c1-31(2)14-15-34-24-13-9-18(17-29-24)8-12-23(32)26-25(19-6-4-3-5-7-19)21-16-20(28)10-11-22(21)30-27(26)33/h3-13,16-17H,14-15H2,1-2H3,(H,30,33)/b12-8+. The van der Waals surface area contributed by atoms with Gasteiger partial charge in [-0.15, -0.1) is 0 Å². The summed E-state index contributed by atoms with van der Waals surface area (Å²) in [5.41, 5.74) is 1.61. The van der Waals surface area contributed by atoms with E-state index in [9.17, 15) is 14.0 Å². The van der Waals surface area contributed by atoms with E-state index in [1.54, 1.807) is 48.7 Å². The fourth-order valence-electron chi connectivity index (χ4n) is 3.57. The lowest BCUT2D eigenvalue weighted by atomic mass is 9.94. The number of ether oxygens (including phenoxy) is 1. The van der Waals surface area contributed by atoms with Crippen LogP contribution in [0.5, 0.6) is 5.88 Å². The average molecular weight is 458 g/mol. The molecule has 0 fully saturated rings. The predicted octanol–water partition coefficient (Wildman–Crippen LogP) is 4.57. The van der Waals surface area contributed by atoms with Gasteiger partial charge in [0.1, 0.15) is 12.4 Å². The van der Waals surface area contributed by atoms with Crippen LogP contribution in [0.3, 0.4) is 0 Å². The van der Waals surface area contributed by atoms with Crippen LogP contribution in [0.2, 0.25) is 0 Å². The van der Waals surface area contributed by atoms with Crippen LogP contribution in [0.25, 0.3) is 28.1 Å². The van der Waals surface area contributed by atoms with Gasteiger partial charge in [0.25, 0.3) is 5.56 Å². The summed E-state index contributed by atoms with van der Waals surface area (Å²) < 4.78 is 19.7. The van der Waals surface area contributed by atoms with E-state index in [0.29, 0.717) is 40.1 Å². The number of fused-ring (bicyclic) bond motifs is 1. The van der Waals surface area contributed by atoms with Gasteiger partial charge in [0.15, 0.2) is 5.78 Å². The number of carbonyl (C=O) groups is 1. The number of benzene rings is 2. The topological polar surface area (TPSA) is 75.3 Å². The first kappa shape index (κ1) is 23.1. The number of hydrogen-bond acceptors (Lipinski definition) is 5. The minimum atomic E-state index is -0.532. The molecule has 4 rings (SSSR count). The third-order valence-corrected chi connectivity index (χ3v) is 5.26. The minimum Gasteiger partial charge on any atom is -0.476 e. The van der Waals surface area contributed by atoms with E-state index in [1.807, 2.05) is 25.1 Å². The maximum absolute atomic E-state index is 14.1. The number of likely N-dealkylation sites (N-methyl/N-ethyl adjacent to an activating group) is 1. The van der Waals surface area contributed by atoms with Crippen LogP contribution in [0.1, 0.15) is 15.9 Å². The summed E-state index contributed by atoms with van der Waals surface area (Å²) in [6.45, 7) is 1.28. The van der Waals surface area contributed by atoms with Gasteiger partial charge >= 0.3 is 0 Å². The van der Waals surface area contributed by atoms with Gasteiger partial charge in [-0.25, -0.2) is 9.37 Å². The van der Waals surface area contributed by atoms with Crippen LogP contribution in [-0.4, -0.2) is 47.9 Å². The molecule has 0 aliphatic carbocycles. The molecule has 0 atom stereocenters. The molecule has 0 saturated carbocycles. The van der Waals surface area contributed by atoms with Crippen LogP contribution in [0.4, 0.5) is 4.39 Å². The van der Waals surface area contributed by atoms with Crippen molar-refractivity contribution in [3.8, 4) is 17.0 Å². The Morgan fingerprint density at radius 3 is 2.62 bits per heavy atom. The summed E-state index contributed by atoms with van der Waals surface area (Å²) in [6.07, 6.45) is 4.50. The zero-order valence-electron chi connectivity index (χ0n) is 18.9. The Labute approximate surface area is 196 Å². The fourth-order valence-corrected chi connectivity index (χ4v) is 3.57. The molecule has 0 aliphatic heterocycles.